The van der Waals surface area contributed by atoms with Crippen molar-refractivity contribution < 1.29 is 4.79 Å². The molecule has 0 heterocycles. The number of hydrogen-bond acceptors (Lipinski definition) is 1. The van der Waals surface area contributed by atoms with E-state index in [0.717, 1.165) is 25.7 Å². The molecule has 2 aromatic rings. The van der Waals surface area contributed by atoms with E-state index in [1.807, 2.05) is 0 Å². The molecule has 1 heteroatoms. The summed E-state index contributed by atoms with van der Waals surface area (Å²) in [7, 11) is 0. The second-order valence-electron chi connectivity index (χ2n) is 5.71. The maximum atomic E-state index is 11.7. The number of carbonyl (C=O) groups excluding carboxylic acids is 1. The van der Waals surface area contributed by atoms with Gasteiger partial charge in [0.15, 0.2) is 0 Å². The van der Waals surface area contributed by atoms with Gasteiger partial charge < -0.3 is 0 Å². The number of unbranched alkanes of at least 4 members (excludes halogenated alkanes) is 1. The van der Waals surface area contributed by atoms with Crippen LogP contribution in [-0.2, 0) is 11.2 Å². The van der Waals surface area contributed by atoms with Gasteiger partial charge in [0.2, 0.25) is 0 Å². The molecule has 0 aliphatic carbocycles. The number of hydrogen-bond donors (Lipinski definition) is 0. The second-order valence-corrected chi connectivity index (χ2v) is 5.71. The number of benzene rings is 2. The fraction of sp³-hybridized carbons (Fsp3) is 0.350. The highest BCUT2D eigenvalue weighted by Crippen LogP contribution is 2.20. The summed E-state index contributed by atoms with van der Waals surface area (Å²) in [5.74, 6) is 0.388. The Morgan fingerprint density at radius 1 is 0.857 bits per heavy atom. The van der Waals surface area contributed by atoms with E-state index in [4.69, 9.17) is 0 Å². The molecule has 0 saturated carbocycles. The number of rotatable bonds is 7. The maximum Gasteiger partial charge on any atom is 0.133 e. The van der Waals surface area contributed by atoms with Crippen LogP contribution in [0.5, 0.6) is 0 Å². The van der Waals surface area contributed by atoms with Crippen LogP contribution >= 0.6 is 0 Å². The lowest BCUT2D eigenvalue weighted by atomic mass is 10.00. The summed E-state index contributed by atoms with van der Waals surface area (Å²) in [5.41, 5.74) is 5.00. The molecule has 0 N–H and O–H groups in total. The smallest absolute Gasteiger partial charge is 0.133 e. The molecule has 1 nitrogen and oxygen atoms in total. The van der Waals surface area contributed by atoms with Gasteiger partial charge in [-0.25, -0.2) is 0 Å². The van der Waals surface area contributed by atoms with Crippen LogP contribution in [0.4, 0.5) is 0 Å². The highest BCUT2D eigenvalue weighted by molar-refractivity contribution is 5.78. The fourth-order valence-electron chi connectivity index (χ4n) is 2.39. The van der Waals surface area contributed by atoms with Gasteiger partial charge in [-0.2, -0.15) is 0 Å². The number of aryl methyl sites for hydroxylation is 2. The average Bonchev–Trinajstić information content (AvgIpc) is 2.52. The molecule has 0 unspecified atom stereocenters. The molecule has 0 aromatic heterocycles. The molecule has 0 radical (unpaired) electrons. The Morgan fingerprint density at radius 2 is 1.43 bits per heavy atom. The number of ketones is 1. The summed E-state index contributed by atoms with van der Waals surface area (Å²) in [6, 6.07) is 17.2. The van der Waals surface area contributed by atoms with E-state index >= 15 is 0 Å². The van der Waals surface area contributed by atoms with Crippen molar-refractivity contribution in [1.82, 2.24) is 0 Å². The van der Waals surface area contributed by atoms with Crippen LogP contribution in [0, 0.1) is 6.92 Å². The minimum Gasteiger partial charge on any atom is -0.300 e. The Balaban J connectivity index is 1.93. The molecule has 0 atom stereocenters. The van der Waals surface area contributed by atoms with Crippen LogP contribution in [0.1, 0.15) is 43.7 Å². The van der Waals surface area contributed by atoms with Crippen molar-refractivity contribution in [3.63, 3.8) is 0 Å². The van der Waals surface area contributed by atoms with Crippen molar-refractivity contribution in [1.29, 1.82) is 0 Å². The van der Waals surface area contributed by atoms with Crippen LogP contribution < -0.4 is 0 Å². The molecule has 21 heavy (non-hydrogen) atoms. The van der Waals surface area contributed by atoms with E-state index in [9.17, 15) is 4.79 Å². The zero-order valence-electron chi connectivity index (χ0n) is 13.1. The summed E-state index contributed by atoms with van der Waals surface area (Å²) in [5, 5.41) is 0. The van der Waals surface area contributed by atoms with E-state index in [1.54, 1.807) is 0 Å². The van der Waals surface area contributed by atoms with Gasteiger partial charge in [0.05, 0.1) is 0 Å². The summed E-state index contributed by atoms with van der Waals surface area (Å²) in [6.45, 7) is 4.22. The van der Waals surface area contributed by atoms with Gasteiger partial charge in [-0.15, -0.1) is 0 Å². The van der Waals surface area contributed by atoms with Gasteiger partial charge in [-0.05, 0) is 36.5 Å². The molecule has 0 aliphatic heterocycles. The lowest BCUT2D eigenvalue weighted by molar-refractivity contribution is -0.119. The monoisotopic (exact) mass is 280 g/mol. The first-order valence-electron chi connectivity index (χ1n) is 7.86. The first-order chi connectivity index (χ1) is 10.2. The van der Waals surface area contributed by atoms with Crippen molar-refractivity contribution in [3.8, 4) is 11.1 Å². The van der Waals surface area contributed by atoms with Gasteiger partial charge in [-0.3, -0.25) is 4.79 Å². The Morgan fingerprint density at radius 3 is 2.00 bits per heavy atom. The lowest BCUT2D eigenvalue weighted by Crippen LogP contribution is -1.99. The van der Waals surface area contributed by atoms with Gasteiger partial charge >= 0.3 is 0 Å². The minimum atomic E-state index is 0.388. The molecule has 2 aromatic carbocycles. The van der Waals surface area contributed by atoms with Gasteiger partial charge in [0.25, 0.3) is 0 Å². The Hall–Kier alpha value is -1.89. The van der Waals surface area contributed by atoms with E-state index in [-0.39, 0.29) is 0 Å². The quantitative estimate of drug-likeness (QED) is 0.667. The highest BCUT2D eigenvalue weighted by Gasteiger charge is 2.03. The predicted molar refractivity (Wildman–Crippen MR) is 89.5 cm³/mol. The van der Waals surface area contributed by atoms with Crippen molar-refractivity contribution in [2.75, 3.05) is 0 Å². The third-order valence-corrected chi connectivity index (χ3v) is 3.84. The van der Waals surface area contributed by atoms with Crippen LogP contribution in [0.25, 0.3) is 11.1 Å². The first-order valence-corrected chi connectivity index (χ1v) is 7.86. The van der Waals surface area contributed by atoms with Crippen molar-refractivity contribution >= 4 is 5.78 Å². The Labute approximate surface area is 128 Å². The molecule has 110 valence electrons. The van der Waals surface area contributed by atoms with Crippen molar-refractivity contribution in [2.45, 2.75) is 46.0 Å². The second kappa shape index (κ2) is 7.78. The standard InChI is InChI=1S/C20H24O/c1-3-4-5-20(21)15-10-17-8-13-19(14-9-17)18-11-6-16(2)7-12-18/h6-9,11-14H,3-5,10,15H2,1-2H3. The average molecular weight is 280 g/mol. The third kappa shape index (κ3) is 4.86. The lowest BCUT2D eigenvalue weighted by Gasteiger charge is -2.05. The van der Waals surface area contributed by atoms with E-state index in [1.165, 1.54) is 22.3 Å². The first kappa shape index (κ1) is 15.5. The minimum absolute atomic E-state index is 0.388. The number of Topliss-reactive ketones (excluding diaryl/α,β-unsaturated/α-hetero) is 1. The molecular formula is C20H24O. The van der Waals surface area contributed by atoms with Gasteiger partial charge in [0, 0.05) is 12.8 Å². The summed E-state index contributed by atoms with van der Waals surface area (Å²) in [4.78, 5) is 11.7. The van der Waals surface area contributed by atoms with Crippen LogP contribution in [0.15, 0.2) is 48.5 Å². The van der Waals surface area contributed by atoms with Gasteiger partial charge in [0.1, 0.15) is 5.78 Å². The fourth-order valence-corrected chi connectivity index (χ4v) is 2.39. The summed E-state index contributed by atoms with van der Waals surface area (Å²) >= 11 is 0. The van der Waals surface area contributed by atoms with Crippen LogP contribution in [-0.4, -0.2) is 5.78 Å². The largest absolute Gasteiger partial charge is 0.300 e. The van der Waals surface area contributed by atoms with Crippen molar-refractivity contribution in [2.24, 2.45) is 0 Å². The topological polar surface area (TPSA) is 17.1 Å². The third-order valence-electron chi connectivity index (χ3n) is 3.84. The van der Waals surface area contributed by atoms with Crippen LogP contribution in [0.2, 0.25) is 0 Å². The summed E-state index contributed by atoms with van der Waals surface area (Å²) in [6.07, 6.45) is 4.38. The molecule has 2 rings (SSSR count). The maximum absolute atomic E-state index is 11.7. The zero-order valence-corrected chi connectivity index (χ0v) is 13.1. The Bertz CT molecular complexity index is 564. The molecule has 0 fully saturated rings. The van der Waals surface area contributed by atoms with Crippen LogP contribution in [0.3, 0.4) is 0 Å². The van der Waals surface area contributed by atoms with E-state index in [2.05, 4.69) is 62.4 Å². The molecule has 0 amide bonds. The number of carbonyl (C=O) groups is 1. The summed E-state index contributed by atoms with van der Waals surface area (Å²) < 4.78 is 0. The molecule has 0 bridgehead atoms. The molecule has 0 spiro atoms. The van der Waals surface area contributed by atoms with E-state index in [0.29, 0.717) is 12.2 Å². The SMILES string of the molecule is CCCCC(=O)CCc1ccc(-c2ccc(C)cc2)cc1. The molecule has 0 saturated heterocycles. The van der Waals surface area contributed by atoms with E-state index < -0.39 is 0 Å². The van der Waals surface area contributed by atoms with Gasteiger partial charge in [-0.1, -0.05) is 67.4 Å². The van der Waals surface area contributed by atoms with Crippen molar-refractivity contribution in [3.05, 3.63) is 59.7 Å². The molecule has 0 aliphatic rings. The predicted octanol–water partition coefficient (Wildman–Crippen LogP) is 5.35. The Kier molecular flexibility index (Phi) is 5.74. The molecular weight excluding hydrogens is 256 g/mol. The highest BCUT2D eigenvalue weighted by atomic mass is 16.1. The normalized spacial score (nSPS) is 10.6. The zero-order chi connectivity index (χ0) is 15.1.